The Morgan fingerprint density at radius 3 is 2.70 bits per heavy atom. The van der Waals surface area contributed by atoms with Gasteiger partial charge in [0, 0.05) is 23.7 Å². The highest BCUT2D eigenvalue weighted by Crippen LogP contribution is 2.20. The predicted molar refractivity (Wildman–Crippen MR) is 104 cm³/mol. The van der Waals surface area contributed by atoms with Crippen LogP contribution in [0, 0.1) is 5.92 Å². The molecule has 6 nitrogen and oxygen atoms in total. The summed E-state index contributed by atoms with van der Waals surface area (Å²) in [5.74, 6) is -0.430. The SMILES string of the molecule is O=C(Nn1cnc2ccccc21)C1CCCN(C(=O)c2ccc(Cl)cc2)C1. The van der Waals surface area contributed by atoms with Gasteiger partial charge in [-0.2, -0.15) is 0 Å². The van der Waals surface area contributed by atoms with Crippen LogP contribution in [0.4, 0.5) is 0 Å². The highest BCUT2D eigenvalue weighted by Gasteiger charge is 2.29. The van der Waals surface area contributed by atoms with Crippen molar-refractivity contribution in [2.24, 2.45) is 5.92 Å². The molecule has 0 saturated carbocycles. The second-order valence-corrected chi connectivity index (χ2v) is 7.11. The lowest BCUT2D eigenvalue weighted by molar-refractivity contribution is -0.122. The molecule has 0 bridgehead atoms. The smallest absolute Gasteiger partial charge is 0.253 e. The molecule has 2 aromatic carbocycles. The van der Waals surface area contributed by atoms with E-state index in [0.29, 0.717) is 23.7 Å². The van der Waals surface area contributed by atoms with E-state index in [1.54, 1.807) is 40.2 Å². The Bertz CT molecular complexity index is 983. The van der Waals surface area contributed by atoms with Crippen molar-refractivity contribution < 1.29 is 9.59 Å². The van der Waals surface area contributed by atoms with Crippen LogP contribution in [0.1, 0.15) is 23.2 Å². The molecular formula is C20H19ClN4O2. The number of likely N-dealkylation sites (tertiary alicyclic amines) is 1. The average Bonchev–Trinajstić information content (AvgIpc) is 3.11. The molecular weight excluding hydrogens is 364 g/mol. The number of hydrogen-bond donors (Lipinski definition) is 1. The minimum absolute atomic E-state index is 0.0720. The monoisotopic (exact) mass is 382 g/mol. The summed E-state index contributed by atoms with van der Waals surface area (Å²) in [5.41, 5.74) is 5.15. The van der Waals surface area contributed by atoms with Crippen molar-refractivity contribution in [3.8, 4) is 0 Å². The Morgan fingerprint density at radius 1 is 1.11 bits per heavy atom. The first-order valence-corrected chi connectivity index (χ1v) is 9.27. The van der Waals surface area contributed by atoms with Gasteiger partial charge < -0.3 is 4.90 Å². The Hall–Kier alpha value is -2.86. The number of para-hydroxylation sites is 2. The summed E-state index contributed by atoms with van der Waals surface area (Å²) in [7, 11) is 0. The van der Waals surface area contributed by atoms with E-state index in [0.717, 1.165) is 23.9 Å². The number of halogens is 1. The molecule has 1 N–H and O–H groups in total. The Balaban J connectivity index is 1.45. The van der Waals surface area contributed by atoms with Crippen molar-refractivity contribution in [2.75, 3.05) is 18.5 Å². The number of carbonyl (C=O) groups excluding carboxylic acids is 2. The van der Waals surface area contributed by atoms with Crippen molar-refractivity contribution in [1.29, 1.82) is 0 Å². The van der Waals surface area contributed by atoms with Crippen LogP contribution >= 0.6 is 11.6 Å². The zero-order chi connectivity index (χ0) is 18.8. The van der Waals surface area contributed by atoms with E-state index in [4.69, 9.17) is 11.6 Å². The van der Waals surface area contributed by atoms with Crippen LogP contribution in [0.5, 0.6) is 0 Å². The third-order valence-electron chi connectivity index (χ3n) is 4.85. The fraction of sp³-hybridized carbons (Fsp3) is 0.250. The molecule has 0 spiro atoms. The standard InChI is InChI=1S/C20H19ClN4O2/c21-16-9-7-14(8-10-16)20(27)24-11-3-4-15(12-24)19(26)23-25-13-22-17-5-1-2-6-18(17)25/h1-2,5-10,13,15H,3-4,11-12H2,(H,23,26). The summed E-state index contributed by atoms with van der Waals surface area (Å²) in [4.78, 5) is 31.5. The molecule has 1 saturated heterocycles. The van der Waals surface area contributed by atoms with Gasteiger partial charge in [0.15, 0.2) is 0 Å². The highest BCUT2D eigenvalue weighted by molar-refractivity contribution is 6.30. The van der Waals surface area contributed by atoms with Crippen molar-refractivity contribution in [3.63, 3.8) is 0 Å². The molecule has 1 aromatic heterocycles. The van der Waals surface area contributed by atoms with Crippen LogP contribution < -0.4 is 5.43 Å². The number of nitrogens with zero attached hydrogens (tertiary/aromatic N) is 3. The van der Waals surface area contributed by atoms with Crippen LogP contribution in [0.3, 0.4) is 0 Å². The number of piperidine rings is 1. The van der Waals surface area contributed by atoms with Crippen LogP contribution in [0.25, 0.3) is 11.0 Å². The molecule has 1 aliphatic rings. The number of rotatable bonds is 3. The highest BCUT2D eigenvalue weighted by atomic mass is 35.5. The van der Waals surface area contributed by atoms with E-state index in [1.165, 1.54) is 0 Å². The van der Waals surface area contributed by atoms with Gasteiger partial charge in [0.05, 0.1) is 17.0 Å². The van der Waals surface area contributed by atoms with Gasteiger partial charge in [-0.1, -0.05) is 23.7 Å². The van der Waals surface area contributed by atoms with Crippen molar-refractivity contribution >= 4 is 34.4 Å². The Morgan fingerprint density at radius 2 is 1.89 bits per heavy atom. The fourth-order valence-electron chi connectivity index (χ4n) is 3.41. The number of fused-ring (bicyclic) bond motifs is 1. The first-order valence-electron chi connectivity index (χ1n) is 8.89. The number of hydrogen-bond acceptors (Lipinski definition) is 3. The molecule has 138 valence electrons. The molecule has 1 aliphatic heterocycles. The first-order chi connectivity index (χ1) is 13.1. The predicted octanol–water partition coefficient (Wildman–Crippen LogP) is 3.31. The van der Waals surface area contributed by atoms with Gasteiger partial charge >= 0.3 is 0 Å². The zero-order valence-corrected chi connectivity index (χ0v) is 15.4. The van der Waals surface area contributed by atoms with E-state index < -0.39 is 0 Å². The largest absolute Gasteiger partial charge is 0.338 e. The second-order valence-electron chi connectivity index (χ2n) is 6.68. The molecule has 7 heteroatoms. The third-order valence-corrected chi connectivity index (χ3v) is 5.11. The Kier molecular flexibility index (Phi) is 4.81. The van der Waals surface area contributed by atoms with Crippen molar-refractivity contribution in [2.45, 2.75) is 12.8 Å². The molecule has 0 aliphatic carbocycles. The van der Waals surface area contributed by atoms with Gasteiger partial charge in [0.2, 0.25) is 5.91 Å². The topological polar surface area (TPSA) is 67.2 Å². The number of imidazole rings is 1. The van der Waals surface area contributed by atoms with Crippen LogP contribution in [0.2, 0.25) is 5.02 Å². The van der Waals surface area contributed by atoms with Gasteiger partial charge in [-0.25, -0.2) is 9.66 Å². The molecule has 1 atom stereocenters. The van der Waals surface area contributed by atoms with E-state index in [2.05, 4.69) is 10.4 Å². The summed E-state index contributed by atoms with van der Waals surface area (Å²) in [6, 6.07) is 14.4. The summed E-state index contributed by atoms with van der Waals surface area (Å²) in [6.45, 7) is 1.05. The lowest BCUT2D eigenvalue weighted by atomic mass is 9.96. The normalized spacial score (nSPS) is 17.1. The molecule has 2 amide bonds. The zero-order valence-electron chi connectivity index (χ0n) is 14.6. The van der Waals surface area contributed by atoms with E-state index in [9.17, 15) is 9.59 Å². The van der Waals surface area contributed by atoms with Gasteiger partial charge in [-0.3, -0.25) is 15.0 Å². The average molecular weight is 383 g/mol. The lowest BCUT2D eigenvalue weighted by Gasteiger charge is -2.32. The van der Waals surface area contributed by atoms with Crippen LogP contribution in [-0.2, 0) is 4.79 Å². The second kappa shape index (κ2) is 7.40. The molecule has 2 heterocycles. The van der Waals surface area contributed by atoms with E-state index in [1.807, 2.05) is 24.3 Å². The maximum atomic E-state index is 12.7. The minimum atomic E-state index is -0.254. The molecule has 3 aromatic rings. The maximum Gasteiger partial charge on any atom is 0.253 e. The van der Waals surface area contributed by atoms with Gasteiger partial charge in [-0.15, -0.1) is 0 Å². The first kappa shape index (κ1) is 17.5. The van der Waals surface area contributed by atoms with Crippen LogP contribution in [0.15, 0.2) is 54.9 Å². The summed E-state index contributed by atoms with van der Waals surface area (Å²) in [6.07, 6.45) is 3.15. The number of nitrogens with one attached hydrogen (secondary N) is 1. The Labute approximate surface area is 161 Å². The molecule has 1 fully saturated rings. The number of benzene rings is 2. The van der Waals surface area contributed by atoms with E-state index in [-0.39, 0.29) is 17.7 Å². The molecule has 0 radical (unpaired) electrons. The number of carbonyl (C=O) groups is 2. The van der Waals surface area contributed by atoms with Crippen LogP contribution in [-0.4, -0.2) is 39.5 Å². The van der Waals surface area contributed by atoms with Crippen molar-refractivity contribution in [3.05, 3.63) is 65.4 Å². The van der Waals surface area contributed by atoms with Gasteiger partial charge in [0.1, 0.15) is 6.33 Å². The molecule has 4 rings (SSSR count). The molecule has 27 heavy (non-hydrogen) atoms. The van der Waals surface area contributed by atoms with Crippen molar-refractivity contribution in [1.82, 2.24) is 14.6 Å². The van der Waals surface area contributed by atoms with Gasteiger partial charge in [-0.05, 0) is 49.2 Å². The van der Waals surface area contributed by atoms with E-state index >= 15 is 0 Å². The maximum absolute atomic E-state index is 12.7. The third kappa shape index (κ3) is 3.66. The summed E-state index contributed by atoms with van der Waals surface area (Å²) < 4.78 is 1.64. The quantitative estimate of drug-likeness (QED) is 0.755. The molecule has 1 unspecified atom stereocenters. The minimum Gasteiger partial charge on any atom is -0.338 e. The fourth-order valence-corrected chi connectivity index (χ4v) is 3.53. The number of amides is 2. The van der Waals surface area contributed by atoms with Gasteiger partial charge in [0.25, 0.3) is 5.91 Å². The number of aromatic nitrogens is 2. The lowest BCUT2D eigenvalue weighted by Crippen LogP contribution is -2.44. The summed E-state index contributed by atoms with van der Waals surface area (Å²) in [5, 5.41) is 0.593. The summed E-state index contributed by atoms with van der Waals surface area (Å²) >= 11 is 5.89.